The molecule has 0 bridgehead atoms. The summed E-state index contributed by atoms with van der Waals surface area (Å²) in [5.74, 6) is -0.422. The average molecular weight is 327 g/mol. The Bertz CT molecular complexity index is 714. The Morgan fingerprint density at radius 3 is 2.86 bits per heavy atom. The van der Waals surface area contributed by atoms with E-state index in [0.717, 1.165) is 6.26 Å². The third-order valence-electron chi connectivity index (χ3n) is 2.30. The molecule has 0 saturated heterocycles. The van der Waals surface area contributed by atoms with Gasteiger partial charge in [-0.15, -0.1) is 11.3 Å². The first kappa shape index (κ1) is 15.5. The number of nitrogens with one attached hydrogen (secondary N) is 2. The largest absolute Gasteiger partial charge is 0.349 e. The van der Waals surface area contributed by atoms with Crippen LogP contribution in [0.25, 0.3) is 10.7 Å². The molecule has 21 heavy (non-hydrogen) atoms. The van der Waals surface area contributed by atoms with Crippen LogP contribution in [0.4, 0.5) is 0 Å². The molecule has 0 fully saturated rings. The third kappa shape index (κ3) is 5.17. The van der Waals surface area contributed by atoms with Gasteiger partial charge in [-0.1, -0.05) is 0 Å². The fourth-order valence-electron chi connectivity index (χ4n) is 1.36. The van der Waals surface area contributed by atoms with E-state index in [0.29, 0.717) is 16.4 Å². The van der Waals surface area contributed by atoms with Gasteiger partial charge < -0.3 is 5.32 Å². The summed E-state index contributed by atoms with van der Waals surface area (Å²) in [6.07, 6.45) is 5.76. The van der Waals surface area contributed by atoms with Crippen LogP contribution in [-0.2, 0) is 21.4 Å². The van der Waals surface area contributed by atoms with Gasteiger partial charge in [0.15, 0.2) is 0 Å². The highest BCUT2D eigenvalue weighted by atomic mass is 32.2. The molecule has 0 spiro atoms. The summed E-state index contributed by atoms with van der Waals surface area (Å²) in [6.45, 7) is -0.0684. The second kappa shape index (κ2) is 6.70. The molecular weight excluding hydrogens is 314 g/mol. The Hall–Kier alpha value is -1.91. The van der Waals surface area contributed by atoms with E-state index < -0.39 is 15.9 Å². The highest BCUT2D eigenvalue weighted by molar-refractivity contribution is 7.88. The number of hydrogen-bond donors (Lipinski definition) is 2. The highest BCUT2D eigenvalue weighted by Gasteiger charge is 2.09. The van der Waals surface area contributed by atoms with E-state index in [1.807, 2.05) is 0 Å². The Morgan fingerprint density at radius 2 is 2.19 bits per heavy atom. The summed E-state index contributed by atoms with van der Waals surface area (Å²) in [5.41, 5.74) is 1.34. The van der Waals surface area contributed by atoms with Crippen molar-refractivity contribution in [2.24, 2.45) is 0 Å². The molecule has 0 saturated carbocycles. The summed E-state index contributed by atoms with van der Waals surface area (Å²) in [5, 5.41) is 5.09. The van der Waals surface area contributed by atoms with Crippen LogP contribution in [0.3, 0.4) is 0 Å². The molecule has 0 aliphatic rings. The molecule has 1 amide bonds. The van der Waals surface area contributed by atoms with Gasteiger partial charge in [-0.25, -0.2) is 18.1 Å². The topological polar surface area (TPSA) is 114 Å². The summed E-state index contributed by atoms with van der Waals surface area (Å²) in [4.78, 5) is 23.9. The minimum Gasteiger partial charge on any atom is -0.349 e. The summed E-state index contributed by atoms with van der Waals surface area (Å²) in [7, 11) is -3.37. The maximum Gasteiger partial charge on any atom is 0.235 e. The first-order chi connectivity index (χ1) is 9.94. The number of nitrogens with zero attached hydrogens (tertiary/aromatic N) is 3. The number of carbonyl (C=O) groups is 1. The van der Waals surface area contributed by atoms with E-state index in [1.54, 1.807) is 24.0 Å². The van der Waals surface area contributed by atoms with Gasteiger partial charge in [0.25, 0.3) is 0 Å². The van der Waals surface area contributed by atoms with Crippen molar-refractivity contribution in [1.82, 2.24) is 25.0 Å². The number of carbonyl (C=O) groups excluding carboxylic acids is 1. The first-order valence-corrected chi connectivity index (χ1v) is 8.63. The standard InChI is InChI=1S/C11H13N5O3S2/c1-21(18,19)15-6-10(17)14-4-8-7-20-11(16-8)9-5-12-2-3-13-9/h2-3,5,7,15H,4,6H2,1H3,(H,14,17). The predicted octanol–water partition coefficient (Wildman–Crippen LogP) is -0.235. The Kier molecular flexibility index (Phi) is 4.94. The zero-order chi connectivity index (χ0) is 15.3. The van der Waals surface area contributed by atoms with Crippen LogP contribution in [0.1, 0.15) is 5.69 Å². The molecule has 2 rings (SSSR count). The molecule has 2 heterocycles. The molecule has 0 unspecified atom stereocenters. The molecule has 0 radical (unpaired) electrons. The molecular formula is C11H13N5O3S2. The van der Waals surface area contributed by atoms with Crippen molar-refractivity contribution in [3.8, 4) is 10.7 Å². The van der Waals surface area contributed by atoms with Crippen LogP contribution in [0.2, 0.25) is 0 Å². The van der Waals surface area contributed by atoms with Gasteiger partial charge in [0.2, 0.25) is 15.9 Å². The van der Waals surface area contributed by atoms with E-state index in [-0.39, 0.29) is 13.1 Å². The summed E-state index contributed by atoms with van der Waals surface area (Å²) < 4.78 is 23.8. The Balaban J connectivity index is 1.87. The van der Waals surface area contributed by atoms with Crippen LogP contribution in [0.5, 0.6) is 0 Å². The molecule has 10 heteroatoms. The molecule has 2 aromatic rings. The third-order valence-corrected chi connectivity index (χ3v) is 3.88. The van der Waals surface area contributed by atoms with Gasteiger partial charge in [0.1, 0.15) is 10.7 Å². The second-order valence-electron chi connectivity index (χ2n) is 4.10. The van der Waals surface area contributed by atoms with Crippen molar-refractivity contribution in [2.45, 2.75) is 6.54 Å². The predicted molar refractivity (Wildman–Crippen MR) is 77.8 cm³/mol. The maximum absolute atomic E-state index is 11.5. The SMILES string of the molecule is CS(=O)(=O)NCC(=O)NCc1csc(-c2cnccn2)n1. The van der Waals surface area contributed by atoms with E-state index in [9.17, 15) is 13.2 Å². The monoisotopic (exact) mass is 327 g/mol. The Morgan fingerprint density at radius 1 is 1.38 bits per heavy atom. The van der Waals surface area contributed by atoms with E-state index in [1.165, 1.54) is 11.3 Å². The number of rotatable bonds is 6. The fraction of sp³-hybridized carbons (Fsp3) is 0.273. The van der Waals surface area contributed by atoms with Crippen molar-refractivity contribution in [3.63, 3.8) is 0 Å². The van der Waals surface area contributed by atoms with E-state index >= 15 is 0 Å². The maximum atomic E-state index is 11.5. The molecule has 2 N–H and O–H groups in total. The normalized spacial score (nSPS) is 11.3. The lowest BCUT2D eigenvalue weighted by atomic mass is 10.4. The van der Waals surface area contributed by atoms with Crippen LogP contribution in [-0.4, -0.2) is 42.1 Å². The number of sulfonamides is 1. The van der Waals surface area contributed by atoms with Crippen LogP contribution in [0, 0.1) is 0 Å². The number of amides is 1. The zero-order valence-corrected chi connectivity index (χ0v) is 12.7. The summed E-state index contributed by atoms with van der Waals surface area (Å²) in [6, 6.07) is 0. The molecule has 0 aliphatic heterocycles. The molecule has 0 aliphatic carbocycles. The van der Waals surface area contributed by atoms with Gasteiger partial charge in [-0.3, -0.25) is 14.8 Å². The van der Waals surface area contributed by atoms with Crippen LogP contribution < -0.4 is 10.0 Å². The van der Waals surface area contributed by atoms with E-state index in [4.69, 9.17) is 0 Å². The molecule has 0 aromatic carbocycles. The molecule has 8 nitrogen and oxygen atoms in total. The number of aromatic nitrogens is 3. The van der Waals surface area contributed by atoms with Crippen molar-refractivity contribution in [3.05, 3.63) is 29.7 Å². The van der Waals surface area contributed by atoms with Gasteiger partial charge in [-0.2, -0.15) is 0 Å². The smallest absolute Gasteiger partial charge is 0.235 e. The number of thiazole rings is 1. The van der Waals surface area contributed by atoms with Crippen LogP contribution in [0.15, 0.2) is 24.0 Å². The zero-order valence-electron chi connectivity index (χ0n) is 11.1. The quantitative estimate of drug-likeness (QED) is 0.757. The van der Waals surface area contributed by atoms with Crippen molar-refractivity contribution in [2.75, 3.05) is 12.8 Å². The van der Waals surface area contributed by atoms with Crippen molar-refractivity contribution in [1.29, 1.82) is 0 Å². The molecule has 112 valence electrons. The summed E-state index contributed by atoms with van der Waals surface area (Å²) >= 11 is 1.40. The molecule has 0 atom stereocenters. The van der Waals surface area contributed by atoms with Gasteiger partial charge in [0.05, 0.1) is 31.2 Å². The van der Waals surface area contributed by atoms with Crippen molar-refractivity contribution < 1.29 is 13.2 Å². The van der Waals surface area contributed by atoms with Gasteiger partial charge in [-0.05, 0) is 0 Å². The first-order valence-electron chi connectivity index (χ1n) is 5.86. The van der Waals surface area contributed by atoms with Gasteiger partial charge >= 0.3 is 0 Å². The molecule has 2 aromatic heterocycles. The average Bonchev–Trinajstić information content (AvgIpc) is 2.92. The minimum atomic E-state index is -3.37. The van der Waals surface area contributed by atoms with Crippen LogP contribution >= 0.6 is 11.3 Å². The lowest BCUT2D eigenvalue weighted by Gasteiger charge is -2.03. The fourth-order valence-corrected chi connectivity index (χ4v) is 2.54. The lowest BCUT2D eigenvalue weighted by molar-refractivity contribution is -0.120. The number of hydrogen-bond acceptors (Lipinski definition) is 7. The lowest BCUT2D eigenvalue weighted by Crippen LogP contribution is -2.36. The highest BCUT2D eigenvalue weighted by Crippen LogP contribution is 2.20. The van der Waals surface area contributed by atoms with Crippen molar-refractivity contribution >= 4 is 27.3 Å². The Labute approximate surface area is 125 Å². The van der Waals surface area contributed by atoms with E-state index in [2.05, 4.69) is 25.0 Å². The second-order valence-corrected chi connectivity index (χ2v) is 6.80. The van der Waals surface area contributed by atoms with Gasteiger partial charge in [0, 0.05) is 17.8 Å². The minimum absolute atomic E-state index is 0.223.